The van der Waals surface area contributed by atoms with E-state index in [0.717, 1.165) is 28.4 Å². The highest BCUT2D eigenvalue weighted by Crippen LogP contribution is 2.21. The molecule has 1 amide bonds. The van der Waals surface area contributed by atoms with Gasteiger partial charge in [0.25, 0.3) is 5.91 Å². The molecule has 0 aromatic heterocycles. The van der Waals surface area contributed by atoms with Crippen LogP contribution in [0.3, 0.4) is 0 Å². The topological polar surface area (TPSA) is 20.3 Å². The van der Waals surface area contributed by atoms with Gasteiger partial charge in [0.2, 0.25) is 0 Å². The summed E-state index contributed by atoms with van der Waals surface area (Å²) in [5.41, 5.74) is 1.79. The number of benzene rings is 1. The van der Waals surface area contributed by atoms with E-state index in [0.29, 0.717) is 0 Å². The molecule has 1 aromatic rings. The second-order valence-electron chi connectivity index (χ2n) is 4.47. The van der Waals surface area contributed by atoms with Crippen LogP contribution in [-0.2, 0) is 0 Å². The van der Waals surface area contributed by atoms with Crippen LogP contribution in [0.5, 0.6) is 0 Å². The molecule has 0 N–H and O–H groups in total. The van der Waals surface area contributed by atoms with E-state index < -0.39 is 0 Å². The Bertz CT molecular complexity index is 403. The fourth-order valence-electron chi connectivity index (χ4n) is 1.84. The van der Waals surface area contributed by atoms with Crippen molar-refractivity contribution in [2.45, 2.75) is 39.7 Å². The third kappa shape index (κ3) is 3.32. The second-order valence-corrected chi connectivity index (χ2v) is 5.32. The summed E-state index contributed by atoms with van der Waals surface area (Å²) in [5.74, 6) is 0.102. The molecule has 0 bridgehead atoms. The number of hydrogen-bond donors (Lipinski definition) is 0. The Morgan fingerprint density at radius 3 is 2.71 bits per heavy atom. The minimum Gasteiger partial charge on any atom is -0.339 e. The first kappa shape index (κ1) is 14.2. The van der Waals surface area contributed by atoms with Crippen molar-refractivity contribution in [1.82, 2.24) is 4.90 Å². The van der Waals surface area contributed by atoms with E-state index in [1.165, 1.54) is 0 Å². The van der Waals surface area contributed by atoms with E-state index in [4.69, 9.17) is 0 Å². The van der Waals surface area contributed by atoms with Gasteiger partial charge in [0.1, 0.15) is 0 Å². The predicted molar refractivity (Wildman–Crippen MR) is 75.3 cm³/mol. The average Bonchev–Trinajstić information content (AvgIpc) is 2.31. The zero-order valence-electron chi connectivity index (χ0n) is 11.0. The smallest absolute Gasteiger partial charge is 0.254 e. The Balaban J connectivity index is 2.93. The van der Waals surface area contributed by atoms with Crippen LogP contribution in [-0.4, -0.2) is 23.9 Å². The van der Waals surface area contributed by atoms with Gasteiger partial charge in [-0.25, -0.2) is 0 Å². The van der Waals surface area contributed by atoms with Crippen LogP contribution in [0.25, 0.3) is 0 Å². The number of carbonyl (C=O) groups excluding carboxylic acids is 1. The quantitative estimate of drug-likeness (QED) is 0.822. The highest BCUT2D eigenvalue weighted by Gasteiger charge is 2.18. The molecule has 1 atom stereocenters. The normalized spacial score (nSPS) is 12.3. The summed E-state index contributed by atoms with van der Waals surface area (Å²) in [6, 6.07) is 6.04. The van der Waals surface area contributed by atoms with E-state index >= 15 is 0 Å². The van der Waals surface area contributed by atoms with Gasteiger partial charge in [-0.1, -0.05) is 35.3 Å². The first-order valence-corrected chi connectivity index (χ1v) is 6.80. The average molecular weight is 298 g/mol. The van der Waals surface area contributed by atoms with Gasteiger partial charge in [-0.2, -0.15) is 0 Å². The lowest BCUT2D eigenvalue weighted by Crippen LogP contribution is -2.35. The summed E-state index contributed by atoms with van der Waals surface area (Å²) < 4.78 is 0.986. The summed E-state index contributed by atoms with van der Waals surface area (Å²) in [5, 5.41) is 0. The lowest BCUT2D eigenvalue weighted by Gasteiger charge is -2.25. The van der Waals surface area contributed by atoms with Crippen LogP contribution in [0, 0.1) is 6.92 Å². The molecule has 1 rings (SSSR count). The van der Waals surface area contributed by atoms with Crippen molar-refractivity contribution < 1.29 is 4.79 Å². The van der Waals surface area contributed by atoms with Crippen LogP contribution in [0.1, 0.15) is 42.6 Å². The predicted octanol–water partition coefficient (Wildman–Crippen LogP) is 4.02. The first-order valence-electron chi connectivity index (χ1n) is 6.01. The van der Waals surface area contributed by atoms with Crippen LogP contribution in [0.15, 0.2) is 22.7 Å². The van der Waals surface area contributed by atoms with E-state index in [9.17, 15) is 4.79 Å². The molecule has 0 radical (unpaired) electrons. The maximum absolute atomic E-state index is 12.3. The molecule has 0 fully saturated rings. The minimum atomic E-state index is 0.102. The molecule has 2 nitrogen and oxygen atoms in total. The second kappa shape index (κ2) is 6.20. The number of hydrogen-bond acceptors (Lipinski definition) is 1. The number of carbonyl (C=O) groups is 1. The highest BCUT2D eigenvalue weighted by atomic mass is 79.9. The summed E-state index contributed by atoms with van der Waals surface area (Å²) in [4.78, 5) is 14.2. The molecular formula is C14H20BrNO. The Kier molecular flexibility index (Phi) is 5.19. The standard InChI is InChI=1S/C14H20BrNO/c1-5-7-10(2)16(4)14(17)12-8-6-9-13(15)11(12)3/h6,8-10H,5,7H2,1-4H3. The van der Waals surface area contributed by atoms with Gasteiger partial charge in [-0.05, 0) is 38.0 Å². The maximum atomic E-state index is 12.3. The molecule has 0 aliphatic rings. The highest BCUT2D eigenvalue weighted by molar-refractivity contribution is 9.10. The summed E-state index contributed by atoms with van der Waals surface area (Å²) in [6.45, 7) is 6.20. The van der Waals surface area contributed by atoms with Gasteiger partial charge in [0, 0.05) is 23.1 Å². The van der Waals surface area contributed by atoms with Crippen molar-refractivity contribution in [3.63, 3.8) is 0 Å². The molecule has 1 unspecified atom stereocenters. The van der Waals surface area contributed by atoms with E-state index in [1.54, 1.807) is 0 Å². The van der Waals surface area contributed by atoms with Crippen molar-refractivity contribution in [3.05, 3.63) is 33.8 Å². The van der Waals surface area contributed by atoms with E-state index in [2.05, 4.69) is 29.8 Å². The molecule has 0 spiro atoms. The van der Waals surface area contributed by atoms with Crippen LogP contribution in [0.4, 0.5) is 0 Å². The summed E-state index contributed by atoms with van der Waals surface area (Å²) >= 11 is 3.46. The monoisotopic (exact) mass is 297 g/mol. The summed E-state index contributed by atoms with van der Waals surface area (Å²) in [6.07, 6.45) is 2.13. The zero-order valence-corrected chi connectivity index (χ0v) is 12.5. The maximum Gasteiger partial charge on any atom is 0.254 e. The number of rotatable bonds is 4. The van der Waals surface area contributed by atoms with E-state index in [1.807, 2.05) is 37.1 Å². The van der Waals surface area contributed by atoms with Crippen molar-refractivity contribution >= 4 is 21.8 Å². The number of halogens is 1. The molecule has 0 heterocycles. The molecule has 94 valence electrons. The van der Waals surface area contributed by atoms with E-state index in [-0.39, 0.29) is 11.9 Å². The number of amides is 1. The fraction of sp³-hybridized carbons (Fsp3) is 0.500. The SMILES string of the molecule is CCCC(C)N(C)C(=O)c1cccc(Br)c1C. The van der Waals surface area contributed by atoms with Gasteiger partial charge in [0.15, 0.2) is 0 Å². The first-order chi connectivity index (χ1) is 7.99. The Morgan fingerprint density at radius 1 is 1.47 bits per heavy atom. The molecule has 1 aromatic carbocycles. The van der Waals surface area contributed by atoms with Crippen molar-refractivity contribution in [2.75, 3.05) is 7.05 Å². The Morgan fingerprint density at radius 2 is 2.12 bits per heavy atom. The largest absolute Gasteiger partial charge is 0.339 e. The molecule has 0 aliphatic carbocycles. The van der Waals surface area contributed by atoms with Gasteiger partial charge in [-0.3, -0.25) is 4.79 Å². The number of nitrogens with zero attached hydrogens (tertiary/aromatic N) is 1. The molecule has 17 heavy (non-hydrogen) atoms. The van der Waals surface area contributed by atoms with Crippen molar-refractivity contribution in [1.29, 1.82) is 0 Å². The minimum absolute atomic E-state index is 0.102. The van der Waals surface area contributed by atoms with Gasteiger partial charge in [-0.15, -0.1) is 0 Å². The van der Waals surface area contributed by atoms with Crippen molar-refractivity contribution in [2.24, 2.45) is 0 Å². The summed E-state index contributed by atoms with van der Waals surface area (Å²) in [7, 11) is 1.88. The van der Waals surface area contributed by atoms with Gasteiger partial charge < -0.3 is 4.90 Å². The molecule has 0 aliphatic heterocycles. The van der Waals surface area contributed by atoms with Gasteiger partial charge >= 0.3 is 0 Å². The lowest BCUT2D eigenvalue weighted by atomic mass is 10.1. The van der Waals surface area contributed by atoms with Crippen LogP contribution in [0.2, 0.25) is 0 Å². The molecular weight excluding hydrogens is 278 g/mol. The zero-order chi connectivity index (χ0) is 13.0. The fourth-order valence-corrected chi connectivity index (χ4v) is 2.21. The third-order valence-electron chi connectivity index (χ3n) is 3.19. The Hall–Kier alpha value is -0.830. The lowest BCUT2D eigenvalue weighted by molar-refractivity contribution is 0.0736. The van der Waals surface area contributed by atoms with Crippen molar-refractivity contribution in [3.8, 4) is 0 Å². The molecule has 0 saturated heterocycles. The van der Waals surface area contributed by atoms with Crippen LogP contribution < -0.4 is 0 Å². The van der Waals surface area contributed by atoms with Gasteiger partial charge in [0.05, 0.1) is 0 Å². The van der Waals surface area contributed by atoms with Crippen LogP contribution >= 0.6 is 15.9 Å². The molecule has 3 heteroatoms. The molecule has 0 saturated carbocycles. The Labute approximate surface area is 112 Å². The third-order valence-corrected chi connectivity index (χ3v) is 4.05.